The summed E-state index contributed by atoms with van der Waals surface area (Å²) in [6, 6.07) is 7.65. The zero-order valence-corrected chi connectivity index (χ0v) is 18.1. The summed E-state index contributed by atoms with van der Waals surface area (Å²) >= 11 is 0. The monoisotopic (exact) mass is 406 g/mol. The van der Waals surface area contributed by atoms with E-state index in [4.69, 9.17) is 18.9 Å². The third-order valence-corrected chi connectivity index (χ3v) is 5.77. The van der Waals surface area contributed by atoms with Crippen LogP contribution in [-0.2, 0) is 25.6 Å². The number of aliphatic hydroxyl groups is 1. The van der Waals surface area contributed by atoms with Crippen molar-refractivity contribution >= 4 is 5.97 Å². The molecule has 1 aliphatic rings. The SMILES string of the molecule is C=C[C@@H](C)[C@@H]1O[C@](O)([C@H](C)C(=O)OCC)C[C@H](OCc2ccc(OC)cc2)[C@H]1C. The van der Waals surface area contributed by atoms with Gasteiger partial charge in [0, 0.05) is 18.3 Å². The van der Waals surface area contributed by atoms with Crippen LogP contribution in [0.4, 0.5) is 0 Å². The van der Waals surface area contributed by atoms with E-state index < -0.39 is 17.7 Å². The molecule has 0 bridgehead atoms. The molecule has 0 radical (unpaired) electrons. The van der Waals surface area contributed by atoms with Gasteiger partial charge in [-0.2, -0.15) is 0 Å². The minimum Gasteiger partial charge on any atom is -0.497 e. The van der Waals surface area contributed by atoms with E-state index in [0.29, 0.717) is 6.61 Å². The van der Waals surface area contributed by atoms with E-state index in [2.05, 4.69) is 6.58 Å². The minimum atomic E-state index is -1.66. The van der Waals surface area contributed by atoms with Crippen molar-refractivity contribution < 1.29 is 28.8 Å². The third kappa shape index (κ3) is 5.59. The molecule has 162 valence electrons. The first-order chi connectivity index (χ1) is 13.8. The second kappa shape index (κ2) is 10.2. The Kier molecular flexibility index (Phi) is 8.25. The van der Waals surface area contributed by atoms with Gasteiger partial charge in [-0.25, -0.2) is 0 Å². The van der Waals surface area contributed by atoms with Crippen molar-refractivity contribution in [2.75, 3.05) is 13.7 Å². The molecule has 1 heterocycles. The fourth-order valence-electron chi connectivity index (χ4n) is 3.66. The van der Waals surface area contributed by atoms with Crippen molar-refractivity contribution in [2.24, 2.45) is 17.8 Å². The molecule has 0 aliphatic carbocycles. The summed E-state index contributed by atoms with van der Waals surface area (Å²) in [5.41, 5.74) is 1.000. The van der Waals surface area contributed by atoms with Gasteiger partial charge >= 0.3 is 5.97 Å². The smallest absolute Gasteiger partial charge is 0.314 e. The van der Waals surface area contributed by atoms with Crippen molar-refractivity contribution in [1.82, 2.24) is 0 Å². The molecule has 6 heteroatoms. The quantitative estimate of drug-likeness (QED) is 0.498. The molecular formula is C23H34O6. The van der Waals surface area contributed by atoms with Gasteiger partial charge in [0.05, 0.1) is 32.5 Å². The maximum atomic E-state index is 12.3. The van der Waals surface area contributed by atoms with Crippen LogP contribution in [0.2, 0.25) is 0 Å². The predicted octanol–water partition coefficient (Wildman–Crippen LogP) is 3.72. The lowest BCUT2D eigenvalue weighted by Crippen LogP contribution is -2.57. The molecule has 0 saturated carbocycles. The Morgan fingerprint density at radius 3 is 2.59 bits per heavy atom. The number of esters is 1. The first-order valence-electron chi connectivity index (χ1n) is 10.2. The molecule has 29 heavy (non-hydrogen) atoms. The molecular weight excluding hydrogens is 372 g/mol. The number of carbonyl (C=O) groups is 1. The van der Waals surface area contributed by atoms with Crippen LogP contribution in [0.25, 0.3) is 0 Å². The fourth-order valence-corrected chi connectivity index (χ4v) is 3.66. The highest BCUT2D eigenvalue weighted by Gasteiger charge is 2.51. The topological polar surface area (TPSA) is 74.2 Å². The highest BCUT2D eigenvalue weighted by Crippen LogP contribution is 2.40. The van der Waals surface area contributed by atoms with E-state index in [1.807, 2.05) is 38.1 Å². The van der Waals surface area contributed by atoms with E-state index >= 15 is 0 Å². The molecule has 1 aromatic rings. The molecule has 6 atom stereocenters. The Morgan fingerprint density at radius 1 is 1.38 bits per heavy atom. The van der Waals surface area contributed by atoms with E-state index in [9.17, 15) is 9.90 Å². The second-order valence-electron chi connectivity index (χ2n) is 7.76. The molecule has 0 aromatic heterocycles. The van der Waals surface area contributed by atoms with Gasteiger partial charge in [0.15, 0.2) is 5.79 Å². The normalized spacial score (nSPS) is 29.0. The van der Waals surface area contributed by atoms with Crippen LogP contribution in [0.5, 0.6) is 5.75 Å². The first kappa shape index (κ1) is 23.4. The van der Waals surface area contributed by atoms with Crippen LogP contribution in [0.3, 0.4) is 0 Å². The summed E-state index contributed by atoms with van der Waals surface area (Å²) in [6.45, 7) is 11.9. The lowest BCUT2D eigenvalue weighted by molar-refractivity contribution is -0.317. The first-order valence-corrected chi connectivity index (χ1v) is 10.2. The summed E-state index contributed by atoms with van der Waals surface area (Å²) in [5, 5.41) is 11.3. The molecule has 1 N–H and O–H groups in total. The zero-order valence-electron chi connectivity index (χ0n) is 18.1. The van der Waals surface area contributed by atoms with Crippen molar-refractivity contribution in [3.8, 4) is 5.75 Å². The molecule has 2 rings (SSSR count). The number of rotatable bonds is 9. The minimum absolute atomic E-state index is 0.0101. The molecule has 1 saturated heterocycles. The number of carbonyl (C=O) groups excluding carboxylic acids is 1. The number of ether oxygens (including phenoxy) is 4. The highest BCUT2D eigenvalue weighted by molar-refractivity contribution is 5.73. The lowest BCUT2D eigenvalue weighted by atomic mass is 9.80. The Bertz CT molecular complexity index is 672. The lowest BCUT2D eigenvalue weighted by Gasteiger charge is -2.48. The van der Waals surface area contributed by atoms with Crippen molar-refractivity contribution in [3.05, 3.63) is 42.5 Å². The highest BCUT2D eigenvalue weighted by atomic mass is 16.6. The summed E-state index contributed by atoms with van der Waals surface area (Å²) in [4.78, 5) is 12.3. The second-order valence-corrected chi connectivity index (χ2v) is 7.76. The van der Waals surface area contributed by atoms with Crippen molar-refractivity contribution in [1.29, 1.82) is 0 Å². The maximum absolute atomic E-state index is 12.3. The predicted molar refractivity (Wildman–Crippen MR) is 110 cm³/mol. The van der Waals surface area contributed by atoms with Crippen LogP contribution in [0.15, 0.2) is 36.9 Å². The van der Waals surface area contributed by atoms with Crippen LogP contribution in [0, 0.1) is 17.8 Å². The van der Waals surface area contributed by atoms with E-state index in [1.165, 1.54) is 0 Å². The Labute approximate surface area is 173 Å². The molecule has 0 unspecified atom stereocenters. The van der Waals surface area contributed by atoms with Gasteiger partial charge in [0.25, 0.3) is 0 Å². The molecule has 1 aromatic carbocycles. The number of hydrogen-bond acceptors (Lipinski definition) is 6. The molecule has 1 fully saturated rings. The third-order valence-electron chi connectivity index (χ3n) is 5.77. The van der Waals surface area contributed by atoms with E-state index in [-0.39, 0.29) is 37.1 Å². The van der Waals surface area contributed by atoms with Gasteiger partial charge in [0.1, 0.15) is 11.7 Å². The zero-order chi connectivity index (χ0) is 21.6. The Balaban J connectivity index is 2.19. The standard InChI is InChI=1S/C23H34O6/c1-7-15(3)21-16(4)20(28-14-18-9-11-19(26-6)12-10-18)13-23(25,29-21)17(5)22(24)27-8-2/h7,9-12,15-17,20-21,25H,1,8,13-14H2,2-6H3/t15-,16-,17-,20+,21+,23+/m1/s1. The van der Waals surface area contributed by atoms with Gasteiger partial charge in [0.2, 0.25) is 0 Å². The Hall–Kier alpha value is -1.89. The molecule has 0 spiro atoms. The van der Waals surface area contributed by atoms with Crippen LogP contribution < -0.4 is 4.74 Å². The largest absolute Gasteiger partial charge is 0.497 e. The average Bonchev–Trinajstić information content (AvgIpc) is 2.73. The fraction of sp³-hybridized carbons (Fsp3) is 0.609. The van der Waals surface area contributed by atoms with Crippen molar-refractivity contribution in [2.45, 2.75) is 58.7 Å². The average molecular weight is 407 g/mol. The van der Waals surface area contributed by atoms with Crippen LogP contribution in [-0.4, -0.2) is 42.8 Å². The van der Waals surface area contributed by atoms with Gasteiger partial charge in [-0.05, 0) is 31.5 Å². The number of benzene rings is 1. The number of methoxy groups -OCH3 is 1. The summed E-state index contributed by atoms with van der Waals surface area (Å²) in [5.74, 6) is -2.20. The molecule has 0 amide bonds. The summed E-state index contributed by atoms with van der Waals surface area (Å²) < 4.78 is 22.6. The molecule has 1 aliphatic heterocycles. The molecule has 6 nitrogen and oxygen atoms in total. The number of hydrogen-bond donors (Lipinski definition) is 1. The van der Waals surface area contributed by atoms with Crippen LogP contribution >= 0.6 is 0 Å². The van der Waals surface area contributed by atoms with Gasteiger partial charge in [-0.15, -0.1) is 6.58 Å². The summed E-state index contributed by atoms with van der Waals surface area (Å²) in [7, 11) is 1.63. The van der Waals surface area contributed by atoms with Gasteiger partial charge in [-0.1, -0.05) is 32.1 Å². The van der Waals surface area contributed by atoms with Crippen molar-refractivity contribution in [3.63, 3.8) is 0 Å². The van der Waals surface area contributed by atoms with Gasteiger partial charge in [-0.3, -0.25) is 4.79 Å². The Morgan fingerprint density at radius 2 is 2.03 bits per heavy atom. The van der Waals surface area contributed by atoms with Crippen LogP contribution in [0.1, 0.15) is 39.7 Å². The van der Waals surface area contributed by atoms with E-state index in [0.717, 1.165) is 11.3 Å². The van der Waals surface area contributed by atoms with Gasteiger partial charge < -0.3 is 24.1 Å². The maximum Gasteiger partial charge on any atom is 0.314 e. The summed E-state index contributed by atoms with van der Waals surface area (Å²) in [6.07, 6.45) is 1.36. The van der Waals surface area contributed by atoms with E-state index in [1.54, 1.807) is 27.0 Å².